The molecule has 3 rings (SSSR count). The number of aromatic nitrogens is 2. The Bertz CT molecular complexity index is 495. The van der Waals surface area contributed by atoms with Crippen LogP contribution in [0.4, 0.5) is 0 Å². The molecule has 2 unspecified atom stereocenters. The SMILES string of the molecule is CCc1nn(C)c(CN2CC(C3CC3)NCC2CC)c1Cl. The smallest absolute Gasteiger partial charge is 0.0863 e. The standard InChI is InChI=1S/C16H27ClN4/c1-4-12-8-18-14(11-6-7-11)9-21(12)10-15-16(17)13(5-2)19-20(15)3/h11-12,14,18H,4-10H2,1-3H3. The number of piperazine rings is 1. The molecule has 1 N–H and O–H groups in total. The monoisotopic (exact) mass is 310 g/mol. The molecule has 0 radical (unpaired) electrons. The summed E-state index contributed by atoms with van der Waals surface area (Å²) >= 11 is 6.53. The van der Waals surface area contributed by atoms with E-state index in [1.54, 1.807) is 0 Å². The molecule has 1 saturated heterocycles. The van der Waals surface area contributed by atoms with Crippen molar-refractivity contribution < 1.29 is 0 Å². The highest BCUT2D eigenvalue weighted by Crippen LogP contribution is 2.35. The number of aryl methyl sites for hydroxylation is 2. The first-order chi connectivity index (χ1) is 10.1. The second-order valence-corrected chi connectivity index (χ2v) is 6.91. The van der Waals surface area contributed by atoms with Crippen LogP contribution in [0.5, 0.6) is 0 Å². The first-order valence-corrected chi connectivity index (χ1v) is 8.69. The Morgan fingerprint density at radius 1 is 1.33 bits per heavy atom. The van der Waals surface area contributed by atoms with Crippen LogP contribution in [-0.2, 0) is 20.0 Å². The third-order valence-corrected chi connectivity index (χ3v) is 5.52. The minimum Gasteiger partial charge on any atom is -0.311 e. The van der Waals surface area contributed by atoms with Crippen LogP contribution in [-0.4, -0.2) is 39.9 Å². The minimum absolute atomic E-state index is 0.607. The lowest BCUT2D eigenvalue weighted by Gasteiger charge is -2.40. The fourth-order valence-electron chi connectivity index (χ4n) is 3.48. The molecule has 1 aromatic heterocycles. The first-order valence-electron chi connectivity index (χ1n) is 8.31. The van der Waals surface area contributed by atoms with Crippen molar-refractivity contribution >= 4 is 11.6 Å². The van der Waals surface area contributed by atoms with Crippen LogP contribution in [0.3, 0.4) is 0 Å². The number of nitrogens with one attached hydrogen (secondary N) is 1. The largest absolute Gasteiger partial charge is 0.311 e. The average molecular weight is 311 g/mol. The molecule has 0 aromatic carbocycles. The second-order valence-electron chi connectivity index (χ2n) is 6.53. The maximum Gasteiger partial charge on any atom is 0.0863 e. The summed E-state index contributed by atoms with van der Waals surface area (Å²) in [6.45, 7) is 7.56. The van der Waals surface area contributed by atoms with Crippen LogP contribution in [0.2, 0.25) is 5.02 Å². The molecule has 0 amide bonds. The van der Waals surface area contributed by atoms with Crippen molar-refractivity contribution in [1.29, 1.82) is 0 Å². The molecule has 0 spiro atoms. The fraction of sp³-hybridized carbons (Fsp3) is 0.812. The second kappa shape index (κ2) is 6.27. The molecule has 2 heterocycles. The van der Waals surface area contributed by atoms with Crippen molar-refractivity contribution in [2.75, 3.05) is 13.1 Å². The van der Waals surface area contributed by atoms with E-state index in [2.05, 4.69) is 29.2 Å². The van der Waals surface area contributed by atoms with E-state index in [0.717, 1.165) is 42.7 Å². The third kappa shape index (κ3) is 3.13. The molecule has 1 saturated carbocycles. The van der Waals surface area contributed by atoms with E-state index in [1.807, 2.05) is 11.7 Å². The number of halogens is 1. The third-order valence-electron chi connectivity index (χ3n) is 5.08. The van der Waals surface area contributed by atoms with E-state index >= 15 is 0 Å². The minimum atomic E-state index is 0.607. The number of hydrogen-bond acceptors (Lipinski definition) is 3. The molecule has 118 valence electrons. The van der Waals surface area contributed by atoms with E-state index in [4.69, 9.17) is 11.6 Å². The van der Waals surface area contributed by atoms with Gasteiger partial charge in [-0.3, -0.25) is 9.58 Å². The van der Waals surface area contributed by atoms with E-state index in [9.17, 15) is 0 Å². The predicted molar refractivity (Wildman–Crippen MR) is 86.6 cm³/mol. The lowest BCUT2D eigenvalue weighted by molar-refractivity contribution is 0.109. The Morgan fingerprint density at radius 2 is 2.10 bits per heavy atom. The maximum atomic E-state index is 6.53. The molecule has 2 aliphatic rings. The summed E-state index contributed by atoms with van der Waals surface area (Å²) in [5.74, 6) is 0.901. The summed E-state index contributed by atoms with van der Waals surface area (Å²) in [5.41, 5.74) is 2.19. The molecule has 4 nitrogen and oxygen atoms in total. The van der Waals surface area contributed by atoms with Gasteiger partial charge < -0.3 is 5.32 Å². The van der Waals surface area contributed by atoms with Crippen molar-refractivity contribution in [2.24, 2.45) is 13.0 Å². The van der Waals surface area contributed by atoms with Gasteiger partial charge in [0.15, 0.2) is 0 Å². The summed E-state index contributed by atoms with van der Waals surface area (Å²) in [7, 11) is 2.02. The van der Waals surface area contributed by atoms with Crippen molar-refractivity contribution in [1.82, 2.24) is 20.0 Å². The van der Waals surface area contributed by atoms with Crippen molar-refractivity contribution in [3.8, 4) is 0 Å². The summed E-state index contributed by atoms with van der Waals surface area (Å²) < 4.78 is 1.97. The Labute approximate surface area is 132 Å². The van der Waals surface area contributed by atoms with Gasteiger partial charge in [0.2, 0.25) is 0 Å². The lowest BCUT2D eigenvalue weighted by Crippen LogP contribution is -2.56. The normalized spacial score (nSPS) is 27.2. The fourth-order valence-corrected chi connectivity index (χ4v) is 3.83. The van der Waals surface area contributed by atoms with Crippen LogP contribution in [0.25, 0.3) is 0 Å². The number of rotatable bonds is 5. The van der Waals surface area contributed by atoms with Crippen LogP contribution in [0.1, 0.15) is 44.5 Å². The number of nitrogens with zero attached hydrogens (tertiary/aromatic N) is 3. The lowest BCUT2D eigenvalue weighted by atomic mass is 10.0. The highest BCUT2D eigenvalue weighted by molar-refractivity contribution is 6.31. The van der Waals surface area contributed by atoms with Gasteiger partial charge in [-0.25, -0.2) is 0 Å². The van der Waals surface area contributed by atoms with Crippen LogP contribution < -0.4 is 5.32 Å². The van der Waals surface area contributed by atoms with Gasteiger partial charge in [-0.2, -0.15) is 5.10 Å². The zero-order valence-corrected chi connectivity index (χ0v) is 14.2. The van der Waals surface area contributed by atoms with Gasteiger partial charge >= 0.3 is 0 Å². The quantitative estimate of drug-likeness (QED) is 0.907. The Morgan fingerprint density at radius 3 is 2.67 bits per heavy atom. The van der Waals surface area contributed by atoms with Gasteiger partial charge in [0.25, 0.3) is 0 Å². The van der Waals surface area contributed by atoms with Crippen molar-refractivity contribution in [3.63, 3.8) is 0 Å². The Balaban J connectivity index is 1.75. The molecule has 2 atom stereocenters. The average Bonchev–Trinajstić information content (AvgIpc) is 3.30. The Kier molecular flexibility index (Phi) is 4.57. The van der Waals surface area contributed by atoms with Crippen molar-refractivity contribution in [3.05, 3.63) is 16.4 Å². The molecule has 5 heteroatoms. The van der Waals surface area contributed by atoms with Gasteiger partial charge in [0.1, 0.15) is 0 Å². The summed E-state index contributed by atoms with van der Waals surface area (Å²) in [6, 6.07) is 1.28. The highest BCUT2D eigenvalue weighted by Gasteiger charge is 2.37. The van der Waals surface area contributed by atoms with E-state index < -0.39 is 0 Å². The summed E-state index contributed by atoms with van der Waals surface area (Å²) in [4.78, 5) is 2.61. The first kappa shape index (κ1) is 15.3. The maximum absolute atomic E-state index is 6.53. The summed E-state index contributed by atoms with van der Waals surface area (Å²) in [5, 5.41) is 9.17. The molecular weight excluding hydrogens is 284 g/mol. The van der Waals surface area contributed by atoms with Crippen LogP contribution in [0, 0.1) is 5.92 Å². The van der Waals surface area contributed by atoms with Gasteiger partial charge in [-0.05, 0) is 31.6 Å². The van der Waals surface area contributed by atoms with Gasteiger partial charge in [0, 0.05) is 38.8 Å². The van der Waals surface area contributed by atoms with E-state index in [-0.39, 0.29) is 0 Å². The van der Waals surface area contributed by atoms with Crippen LogP contribution in [0.15, 0.2) is 0 Å². The molecule has 0 bridgehead atoms. The topological polar surface area (TPSA) is 33.1 Å². The molecule has 1 aliphatic heterocycles. The molecule has 21 heavy (non-hydrogen) atoms. The van der Waals surface area contributed by atoms with E-state index in [0.29, 0.717) is 12.1 Å². The highest BCUT2D eigenvalue weighted by atomic mass is 35.5. The van der Waals surface area contributed by atoms with Gasteiger partial charge in [0.05, 0.1) is 16.4 Å². The van der Waals surface area contributed by atoms with Crippen molar-refractivity contribution in [2.45, 2.75) is 58.2 Å². The zero-order chi connectivity index (χ0) is 15.0. The molecular formula is C16H27ClN4. The van der Waals surface area contributed by atoms with E-state index in [1.165, 1.54) is 25.0 Å². The van der Waals surface area contributed by atoms with Gasteiger partial charge in [-0.15, -0.1) is 0 Å². The number of hydrogen-bond donors (Lipinski definition) is 1. The zero-order valence-electron chi connectivity index (χ0n) is 13.4. The van der Waals surface area contributed by atoms with Crippen LogP contribution >= 0.6 is 11.6 Å². The molecule has 1 aliphatic carbocycles. The molecule has 1 aromatic rings. The molecule has 2 fully saturated rings. The summed E-state index contributed by atoms with van der Waals surface area (Å²) in [6.07, 6.45) is 4.88. The Hall–Kier alpha value is -0.580. The van der Waals surface area contributed by atoms with Gasteiger partial charge in [-0.1, -0.05) is 25.4 Å². The predicted octanol–water partition coefficient (Wildman–Crippen LogP) is 2.60.